The molecule has 8 nitrogen and oxygen atoms in total. The molecule has 1 saturated heterocycles. The smallest absolute Gasteiger partial charge is 0.313 e. The highest BCUT2D eigenvalue weighted by Gasteiger charge is 2.44. The number of aromatic nitrogens is 3. The predicted molar refractivity (Wildman–Crippen MR) is 92.6 cm³/mol. The molecular weight excluding hydrogens is 355 g/mol. The molecule has 1 aromatic carbocycles. The molecule has 1 aliphatic heterocycles. The maximum Gasteiger partial charge on any atom is 0.313 e. The Labute approximate surface area is 155 Å². The van der Waals surface area contributed by atoms with Crippen molar-refractivity contribution in [3.63, 3.8) is 0 Å². The second-order valence-corrected chi connectivity index (χ2v) is 6.78. The number of rotatable bonds is 6. The van der Waals surface area contributed by atoms with E-state index in [1.165, 1.54) is 35.0 Å². The summed E-state index contributed by atoms with van der Waals surface area (Å²) in [5.41, 5.74) is -0.285. The van der Waals surface area contributed by atoms with Crippen LogP contribution >= 0.6 is 0 Å². The Morgan fingerprint density at radius 3 is 2.93 bits per heavy atom. The molecule has 1 fully saturated rings. The SMILES string of the molecule is COCC1(C(=O)O)CCCN(C(=O)c2cn(Cc3cccc(F)c3)nn2)C1. The van der Waals surface area contributed by atoms with Gasteiger partial charge >= 0.3 is 5.97 Å². The summed E-state index contributed by atoms with van der Waals surface area (Å²) in [6, 6.07) is 6.09. The summed E-state index contributed by atoms with van der Waals surface area (Å²) in [5, 5.41) is 17.4. The first-order valence-corrected chi connectivity index (χ1v) is 8.60. The van der Waals surface area contributed by atoms with Gasteiger partial charge < -0.3 is 14.7 Å². The van der Waals surface area contributed by atoms with Crippen molar-refractivity contribution >= 4 is 11.9 Å². The number of methoxy groups -OCH3 is 1. The lowest BCUT2D eigenvalue weighted by Crippen LogP contribution is -2.52. The number of aliphatic carboxylic acids is 1. The van der Waals surface area contributed by atoms with Crippen LogP contribution in [0.1, 0.15) is 28.9 Å². The maximum atomic E-state index is 13.3. The van der Waals surface area contributed by atoms with Gasteiger partial charge in [0.15, 0.2) is 5.69 Å². The van der Waals surface area contributed by atoms with Crippen molar-refractivity contribution in [1.82, 2.24) is 19.9 Å². The zero-order valence-corrected chi connectivity index (χ0v) is 15.0. The highest BCUT2D eigenvalue weighted by atomic mass is 19.1. The van der Waals surface area contributed by atoms with E-state index in [9.17, 15) is 19.1 Å². The number of halogens is 1. The van der Waals surface area contributed by atoms with Crippen molar-refractivity contribution in [3.8, 4) is 0 Å². The van der Waals surface area contributed by atoms with Gasteiger partial charge in [0.2, 0.25) is 0 Å². The van der Waals surface area contributed by atoms with Gasteiger partial charge in [0.1, 0.15) is 11.2 Å². The van der Waals surface area contributed by atoms with Crippen molar-refractivity contribution in [3.05, 3.63) is 47.5 Å². The van der Waals surface area contributed by atoms with Gasteiger partial charge in [0, 0.05) is 20.2 Å². The van der Waals surface area contributed by atoms with Crippen LogP contribution in [0, 0.1) is 11.2 Å². The largest absolute Gasteiger partial charge is 0.481 e. The van der Waals surface area contributed by atoms with Crippen LogP contribution in [0.2, 0.25) is 0 Å². The number of amides is 1. The zero-order valence-electron chi connectivity index (χ0n) is 15.0. The fraction of sp³-hybridized carbons (Fsp3) is 0.444. The molecule has 27 heavy (non-hydrogen) atoms. The Balaban J connectivity index is 1.72. The molecule has 3 rings (SSSR count). The lowest BCUT2D eigenvalue weighted by Gasteiger charge is -2.39. The molecule has 1 atom stereocenters. The summed E-state index contributed by atoms with van der Waals surface area (Å²) in [5.74, 6) is -1.70. The van der Waals surface area contributed by atoms with Gasteiger partial charge in [-0.15, -0.1) is 5.10 Å². The van der Waals surface area contributed by atoms with Crippen molar-refractivity contribution in [2.24, 2.45) is 5.41 Å². The van der Waals surface area contributed by atoms with Gasteiger partial charge in [-0.1, -0.05) is 17.3 Å². The minimum absolute atomic E-state index is 0.0401. The fourth-order valence-electron chi connectivity index (χ4n) is 3.39. The Bertz CT molecular complexity index is 836. The number of ether oxygens (including phenoxy) is 1. The molecule has 144 valence electrons. The van der Waals surface area contributed by atoms with Crippen molar-refractivity contribution in [1.29, 1.82) is 0 Å². The molecule has 9 heteroatoms. The van der Waals surface area contributed by atoms with Crippen LogP contribution in [-0.4, -0.2) is 63.7 Å². The molecule has 1 N–H and O–H groups in total. The molecule has 1 amide bonds. The Morgan fingerprint density at radius 2 is 2.22 bits per heavy atom. The fourth-order valence-corrected chi connectivity index (χ4v) is 3.39. The van der Waals surface area contributed by atoms with Gasteiger partial charge in [0.05, 0.1) is 19.3 Å². The molecule has 0 radical (unpaired) electrons. The number of hydrogen-bond donors (Lipinski definition) is 1. The average Bonchev–Trinajstić information content (AvgIpc) is 3.10. The first-order chi connectivity index (χ1) is 12.9. The van der Waals surface area contributed by atoms with Crippen LogP contribution < -0.4 is 0 Å². The molecule has 0 spiro atoms. The number of nitrogens with zero attached hydrogens (tertiary/aromatic N) is 4. The van der Waals surface area contributed by atoms with E-state index in [2.05, 4.69) is 10.3 Å². The summed E-state index contributed by atoms with van der Waals surface area (Å²) < 4.78 is 19.8. The van der Waals surface area contributed by atoms with E-state index in [-0.39, 0.29) is 37.1 Å². The summed E-state index contributed by atoms with van der Waals surface area (Å²) >= 11 is 0. The van der Waals surface area contributed by atoms with Gasteiger partial charge in [-0.3, -0.25) is 9.59 Å². The van der Waals surface area contributed by atoms with E-state index < -0.39 is 11.4 Å². The van der Waals surface area contributed by atoms with E-state index >= 15 is 0 Å². The quantitative estimate of drug-likeness (QED) is 0.819. The second-order valence-electron chi connectivity index (χ2n) is 6.78. The highest BCUT2D eigenvalue weighted by molar-refractivity contribution is 5.92. The molecule has 1 aromatic heterocycles. The first-order valence-electron chi connectivity index (χ1n) is 8.60. The van der Waals surface area contributed by atoms with Gasteiger partial charge in [-0.2, -0.15) is 0 Å². The van der Waals surface area contributed by atoms with E-state index in [4.69, 9.17) is 4.74 Å². The topological polar surface area (TPSA) is 97.6 Å². The normalized spacial score (nSPS) is 19.9. The number of hydrogen-bond acceptors (Lipinski definition) is 5. The van der Waals surface area contributed by atoms with Gasteiger partial charge in [-0.05, 0) is 30.5 Å². The third-order valence-corrected chi connectivity index (χ3v) is 4.73. The van der Waals surface area contributed by atoms with Crippen molar-refractivity contribution in [2.45, 2.75) is 19.4 Å². The first kappa shape index (κ1) is 19.0. The standard InChI is InChI=1S/C18H21FN4O4/c1-27-12-18(17(25)26)6-3-7-22(11-18)16(24)15-10-23(21-20-15)9-13-4-2-5-14(19)8-13/h2,4-5,8,10H,3,6-7,9,11-12H2,1H3,(H,25,26). The molecule has 0 saturated carbocycles. The van der Waals surface area contributed by atoms with Crippen LogP contribution in [0.5, 0.6) is 0 Å². The summed E-state index contributed by atoms with van der Waals surface area (Å²) in [6.45, 7) is 0.833. The molecule has 0 aliphatic carbocycles. The van der Waals surface area contributed by atoms with Gasteiger partial charge in [-0.25, -0.2) is 9.07 Å². The second kappa shape index (κ2) is 7.83. The molecule has 2 aromatic rings. The average molecular weight is 376 g/mol. The Hall–Kier alpha value is -2.81. The molecule has 0 bridgehead atoms. The number of piperidine rings is 1. The van der Waals surface area contributed by atoms with Crippen LogP contribution in [0.4, 0.5) is 4.39 Å². The minimum atomic E-state index is -1.11. The number of likely N-dealkylation sites (tertiary alicyclic amines) is 1. The maximum absolute atomic E-state index is 13.3. The molecule has 1 unspecified atom stereocenters. The Morgan fingerprint density at radius 1 is 1.41 bits per heavy atom. The van der Waals surface area contributed by atoms with E-state index in [0.717, 1.165) is 0 Å². The minimum Gasteiger partial charge on any atom is -0.481 e. The molecular formula is C18H21FN4O4. The summed E-state index contributed by atoms with van der Waals surface area (Å²) in [7, 11) is 1.45. The van der Waals surface area contributed by atoms with Crippen molar-refractivity contribution < 1.29 is 23.8 Å². The monoisotopic (exact) mass is 376 g/mol. The van der Waals surface area contributed by atoms with E-state index in [1.807, 2.05) is 0 Å². The van der Waals surface area contributed by atoms with Crippen LogP contribution in [0.3, 0.4) is 0 Å². The van der Waals surface area contributed by atoms with Crippen LogP contribution in [0.15, 0.2) is 30.5 Å². The Kier molecular flexibility index (Phi) is 5.50. The number of carboxylic acid groups (broad SMARTS) is 1. The highest BCUT2D eigenvalue weighted by Crippen LogP contribution is 2.31. The van der Waals surface area contributed by atoms with Crippen LogP contribution in [0.25, 0.3) is 0 Å². The third kappa shape index (κ3) is 4.13. The van der Waals surface area contributed by atoms with Crippen LogP contribution in [-0.2, 0) is 16.1 Å². The lowest BCUT2D eigenvalue weighted by atomic mass is 9.80. The van der Waals surface area contributed by atoms with E-state index in [1.54, 1.807) is 12.1 Å². The zero-order chi connectivity index (χ0) is 19.4. The number of carbonyl (C=O) groups excluding carboxylic acids is 1. The predicted octanol–water partition coefficient (Wildman–Crippen LogP) is 1.42. The van der Waals surface area contributed by atoms with Crippen molar-refractivity contribution in [2.75, 3.05) is 26.8 Å². The number of benzene rings is 1. The third-order valence-electron chi connectivity index (χ3n) is 4.73. The molecule has 2 heterocycles. The number of carboxylic acids is 1. The summed E-state index contributed by atoms with van der Waals surface area (Å²) in [6.07, 6.45) is 2.51. The molecule has 1 aliphatic rings. The number of carbonyl (C=O) groups is 2. The van der Waals surface area contributed by atoms with E-state index in [0.29, 0.717) is 24.9 Å². The lowest BCUT2D eigenvalue weighted by molar-refractivity contribution is -0.155. The van der Waals surface area contributed by atoms with Gasteiger partial charge in [0.25, 0.3) is 5.91 Å². The summed E-state index contributed by atoms with van der Waals surface area (Å²) in [4.78, 5) is 26.0.